The fourth-order valence-corrected chi connectivity index (χ4v) is 3.02. The van der Waals surface area contributed by atoms with Gasteiger partial charge in [-0.1, -0.05) is 18.2 Å². The lowest BCUT2D eigenvalue weighted by Crippen LogP contribution is -2.47. The van der Waals surface area contributed by atoms with Crippen molar-refractivity contribution in [3.8, 4) is 0 Å². The maximum absolute atomic E-state index is 12.9. The van der Waals surface area contributed by atoms with Gasteiger partial charge in [-0.15, -0.1) is 0 Å². The summed E-state index contributed by atoms with van der Waals surface area (Å²) in [5.41, 5.74) is 1.16. The Morgan fingerprint density at radius 3 is 2.39 bits per heavy atom. The van der Waals surface area contributed by atoms with Crippen molar-refractivity contribution in [2.45, 2.75) is 38.8 Å². The van der Waals surface area contributed by atoms with Crippen molar-refractivity contribution in [1.82, 2.24) is 0 Å². The van der Waals surface area contributed by atoms with E-state index >= 15 is 0 Å². The minimum atomic E-state index is -0.776. The third kappa shape index (κ3) is 4.11. The molecule has 0 spiro atoms. The smallest absolute Gasteiger partial charge is 0.415 e. The number of hydrogen-bond acceptors (Lipinski definition) is 5. The average molecular weight is 383 g/mol. The van der Waals surface area contributed by atoms with Gasteiger partial charge in [-0.05, 0) is 44.5 Å². The second-order valence-corrected chi connectivity index (χ2v) is 7.49. The third-order valence-electron chi connectivity index (χ3n) is 4.21. The second kappa shape index (κ2) is 7.30. The number of nitro groups is 1. The van der Waals surface area contributed by atoms with Crippen LogP contribution in [0.25, 0.3) is 0 Å². The number of anilines is 2. The molecule has 8 nitrogen and oxygen atoms in total. The van der Waals surface area contributed by atoms with Crippen LogP contribution in [0.15, 0.2) is 48.5 Å². The summed E-state index contributed by atoms with van der Waals surface area (Å²) in [6.45, 7) is 5.29. The molecule has 8 heteroatoms. The van der Waals surface area contributed by atoms with Crippen molar-refractivity contribution >= 4 is 29.1 Å². The van der Waals surface area contributed by atoms with E-state index in [9.17, 15) is 19.7 Å². The van der Waals surface area contributed by atoms with Crippen LogP contribution in [0.4, 0.5) is 21.9 Å². The van der Waals surface area contributed by atoms with Gasteiger partial charge in [0.15, 0.2) is 0 Å². The number of benzene rings is 2. The molecule has 1 aliphatic heterocycles. The van der Waals surface area contributed by atoms with Gasteiger partial charge in [-0.2, -0.15) is 0 Å². The zero-order chi connectivity index (χ0) is 20.5. The largest absolute Gasteiger partial charge is 0.443 e. The molecule has 2 aromatic carbocycles. The molecular formula is C20H21N3O5. The number of carbonyl (C=O) groups excluding carboxylic acids is 2. The minimum Gasteiger partial charge on any atom is -0.443 e. The van der Waals surface area contributed by atoms with Crippen LogP contribution in [-0.2, 0) is 16.0 Å². The summed E-state index contributed by atoms with van der Waals surface area (Å²) in [6.07, 6.45) is -0.241. The van der Waals surface area contributed by atoms with Crippen molar-refractivity contribution in [2.75, 3.05) is 10.2 Å². The highest BCUT2D eigenvalue weighted by Gasteiger charge is 2.40. The van der Waals surface area contributed by atoms with Gasteiger partial charge in [0.05, 0.1) is 10.6 Å². The lowest BCUT2D eigenvalue weighted by molar-refractivity contribution is -0.384. The molecule has 1 heterocycles. The molecule has 0 fully saturated rings. The van der Waals surface area contributed by atoms with Gasteiger partial charge in [0.1, 0.15) is 11.6 Å². The number of fused-ring (bicyclic) bond motifs is 1. The van der Waals surface area contributed by atoms with E-state index in [1.807, 2.05) is 12.1 Å². The molecule has 2 aromatic rings. The number of nitrogens with one attached hydrogen (secondary N) is 1. The van der Waals surface area contributed by atoms with Crippen LogP contribution >= 0.6 is 0 Å². The summed E-state index contributed by atoms with van der Waals surface area (Å²) < 4.78 is 5.48. The Hall–Kier alpha value is -3.42. The molecule has 1 N–H and O–H groups in total. The quantitative estimate of drug-likeness (QED) is 0.640. The zero-order valence-corrected chi connectivity index (χ0v) is 15.8. The topological polar surface area (TPSA) is 102 Å². The molecule has 0 bridgehead atoms. The molecule has 0 saturated carbocycles. The van der Waals surface area contributed by atoms with Crippen molar-refractivity contribution in [1.29, 1.82) is 0 Å². The van der Waals surface area contributed by atoms with Crippen LogP contribution in [-0.4, -0.2) is 28.6 Å². The van der Waals surface area contributed by atoms with Gasteiger partial charge in [0, 0.05) is 24.2 Å². The molecule has 0 saturated heterocycles. The Bertz CT molecular complexity index is 918. The number of hydrogen-bond donors (Lipinski definition) is 1. The number of para-hydroxylation sites is 1. The fourth-order valence-electron chi connectivity index (χ4n) is 3.02. The van der Waals surface area contributed by atoms with E-state index in [-0.39, 0.29) is 5.69 Å². The van der Waals surface area contributed by atoms with Crippen LogP contribution in [0.2, 0.25) is 0 Å². The van der Waals surface area contributed by atoms with Gasteiger partial charge >= 0.3 is 6.09 Å². The predicted molar refractivity (Wildman–Crippen MR) is 104 cm³/mol. The van der Waals surface area contributed by atoms with E-state index in [2.05, 4.69) is 5.32 Å². The van der Waals surface area contributed by atoms with Crippen LogP contribution in [0, 0.1) is 10.1 Å². The molecule has 0 aromatic heterocycles. The molecule has 28 heavy (non-hydrogen) atoms. The van der Waals surface area contributed by atoms with Crippen LogP contribution < -0.4 is 10.2 Å². The summed E-state index contributed by atoms with van der Waals surface area (Å²) in [4.78, 5) is 37.3. The highest BCUT2D eigenvalue weighted by atomic mass is 16.6. The molecule has 146 valence electrons. The van der Waals surface area contributed by atoms with E-state index in [1.54, 1.807) is 32.9 Å². The first-order valence-corrected chi connectivity index (χ1v) is 8.81. The molecular weight excluding hydrogens is 362 g/mol. The monoisotopic (exact) mass is 383 g/mol. The van der Waals surface area contributed by atoms with Crippen molar-refractivity contribution in [3.05, 3.63) is 64.2 Å². The Morgan fingerprint density at radius 1 is 1.14 bits per heavy atom. The van der Waals surface area contributed by atoms with E-state index in [1.165, 1.54) is 29.2 Å². The first-order valence-electron chi connectivity index (χ1n) is 8.81. The van der Waals surface area contributed by atoms with Gasteiger partial charge in [-0.25, -0.2) is 4.79 Å². The molecule has 0 radical (unpaired) electrons. The number of carbonyl (C=O) groups is 2. The van der Waals surface area contributed by atoms with Gasteiger partial charge in [0.25, 0.3) is 5.69 Å². The summed E-state index contributed by atoms with van der Waals surface area (Å²) in [7, 11) is 0. The SMILES string of the molecule is CC(C)(C)OC(=O)N1c2ccccc2C[C@H]1C(=O)Nc1ccc([N+](=O)[O-])cc1. The number of non-ortho nitro benzene ring substituents is 1. The Morgan fingerprint density at radius 2 is 1.79 bits per heavy atom. The van der Waals surface area contributed by atoms with Crippen molar-refractivity contribution in [3.63, 3.8) is 0 Å². The lowest BCUT2D eigenvalue weighted by atomic mass is 10.1. The number of nitrogens with zero attached hydrogens (tertiary/aromatic N) is 2. The Balaban J connectivity index is 1.83. The molecule has 0 unspecified atom stereocenters. The van der Waals surface area contributed by atoms with Crippen molar-refractivity contribution in [2.24, 2.45) is 0 Å². The summed E-state index contributed by atoms with van der Waals surface area (Å²) >= 11 is 0. The molecule has 3 rings (SSSR count). The molecule has 1 aliphatic rings. The Labute approximate surface area is 162 Å². The van der Waals surface area contributed by atoms with Gasteiger partial charge in [-0.3, -0.25) is 19.8 Å². The number of ether oxygens (including phenoxy) is 1. The fraction of sp³-hybridized carbons (Fsp3) is 0.300. The normalized spacial score (nSPS) is 15.7. The maximum Gasteiger partial charge on any atom is 0.415 e. The lowest BCUT2D eigenvalue weighted by Gasteiger charge is -2.28. The van der Waals surface area contributed by atoms with Crippen LogP contribution in [0.1, 0.15) is 26.3 Å². The predicted octanol–water partition coefficient (Wildman–Crippen LogP) is 3.90. The zero-order valence-electron chi connectivity index (χ0n) is 15.8. The van der Waals surface area contributed by atoms with Gasteiger partial charge < -0.3 is 10.1 Å². The van der Waals surface area contributed by atoms with E-state index < -0.39 is 28.6 Å². The number of amides is 2. The molecule has 1 atom stereocenters. The second-order valence-electron chi connectivity index (χ2n) is 7.49. The first kappa shape index (κ1) is 19.3. The van der Waals surface area contributed by atoms with Crippen molar-refractivity contribution < 1.29 is 19.2 Å². The average Bonchev–Trinajstić information content (AvgIpc) is 3.00. The highest BCUT2D eigenvalue weighted by Crippen LogP contribution is 2.34. The van der Waals surface area contributed by atoms with Crippen LogP contribution in [0.5, 0.6) is 0 Å². The number of rotatable bonds is 3. The van der Waals surface area contributed by atoms with Gasteiger partial charge in [0.2, 0.25) is 5.91 Å². The van der Waals surface area contributed by atoms with Crippen LogP contribution in [0.3, 0.4) is 0 Å². The Kier molecular flexibility index (Phi) is 5.04. The first-order chi connectivity index (χ1) is 13.2. The number of nitro benzene ring substituents is 1. The minimum absolute atomic E-state index is 0.0679. The van der Waals surface area contributed by atoms with E-state index in [0.29, 0.717) is 17.8 Å². The maximum atomic E-state index is 12.9. The summed E-state index contributed by atoms with van der Waals surface area (Å²) in [6, 6.07) is 12.0. The third-order valence-corrected chi connectivity index (χ3v) is 4.21. The summed E-state index contributed by atoms with van der Waals surface area (Å²) in [5.74, 6) is -0.393. The highest BCUT2D eigenvalue weighted by molar-refractivity contribution is 6.05. The standard InChI is InChI=1S/C20H21N3O5/c1-20(2,3)28-19(25)22-16-7-5-4-6-13(16)12-17(22)18(24)21-14-8-10-15(11-9-14)23(26)27/h4-11,17H,12H2,1-3H3,(H,21,24)/t17-/m0/s1. The van der Waals surface area contributed by atoms with E-state index in [0.717, 1.165) is 5.56 Å². The molecule has 2 amide bonds. The summed E-state index contributed by atoms with van der Waals surface area (Å²) in [5, 5.41) is 13.5. The van der Waals surface area contributed by atoms with E-state index in [4.69, 9.17) is 4.74 Å². The molecule has 0 aliphatic carbocycles.